The van der Waals surface area contributed by atoms with Gasteiger partial charge in [-0.1, -0.05) is 12.1 Å². The van der Waals surface area contributed by atoms with Crippen LogP contribution in [-0.2, 0) is 29.0 Å². The summed E-state index contributed by atoms with van der Waals surface area (Å²) in [6.07, 6.45) is 0.937. The highest BCUT2D eigenvalue weighted by atomic mass is 16.5. The molecule has 0 radical (unpaired) electrons. The van der Waals surface area contributed by atoms with Crippen LogP contribution in [0.25, 0.3) is 0 Å². The molecule has 3 heterocycles. The van der Waals surface area contributed by atoms with Crippen LogP contribution in [0.2, 0.25) is 0 Å². The Balaban J connectivity index is 1.57. The number of hydrogen-bond acceptors (Lipinski definition) is 6. The molecule has 0 saturated carbocycles. The Kier molecular flexibility index (Phi) is 7.31. The fraction of sp³-hybridized carbons (Fsp3) is 0.519. The highest BCUT2D eigenvalue weighted by Gasteiger charge is 2.30. The third-order valence-electron chi connectivity index (χ3n) is 7.32. The molecule has 188 valence electrons. The van der Waals surface area contributed by atoms with Crippen LogP contribution >= 0.6 is 0 Å². The molecule has 0 N–H and O–H groups in total. The van der Waals surface area contributed by atoms with Crippen LogP contribution in [0.3, 0.4) is 0 Å². The number of likely N-dealkylation sites (tertiary alicyclic amines) is 1. The maximum atomic E-state index is 13.1. The fourth-order valence-electron chi connectivity index (χ4n) is 5.09. The van der Waals surface area contributed by atoms with E-state index in [4.69, 9.17) is 9.47 Å². The van der Waals surface area contributed by atoms with E-state index in [1.807, 2.05) is 0 Å². The zero-order valence-corrected chi connectivity index (χ0v) is 21.3. The van der Waals surface area contributed by atoms with Crippen LogP contribution in [0.1, 0.15) is 44.7 Å². The molecule has 1 saturated heterocycles. The van der Waals surface area contributed by atoms with E-state index in [2.05, 4.69) is 37.8 Å². The number of benzene rings is 1. The lowest BCUT2D eigenvalue weighted by Gasteiger charge is -2.21. The van der Waals surface area contributed by atoms with Gasteiger partial charge in [-0.3, -0.25) is 14.5 Å². The van der Waals surface area contributed by atoms with Crippen molar-refractivity contribution in [2.45, 2.75) is 46.7 Å². The molecule has 8 nitrogen and oxygen atoms in total. The molecule has 2 aromatic rings. The number of hydrogen-bond donors (Lipinski definition) is 0. The van der Waals surface area contributed by atoms with Crippen molar-refractivity contribution in [3.8, 4) is 5.75 Å². The Morgan fingerprint density at radius 2 is 1.77 bits per heavy atom. The molecule has 0 aliphatic carbocycles. The van der Waals surface area contributed by atoms with Gasteiger partial charge in [0.15, 0.2) is 0 Å². The molecule has 0 bridgehead atoms. The van der Waals surface area contributed by atoms with E-state index in [1.165, 1.54) is 35.4 Å². The Bertz CT molecular complexity index is 1200. The van der Waals surface area contributed by atoms with E-state index in [1.54, 1.807) is 16.5 Å². The van der Waals surface area contributed by atoms with Crippen LogP contribution in [0.5, 0.6) is 5.75 Å². The zero-order valence-electron chi connectivity index (χ0n) is 21.3. The van der Waals surface area contributed by atoms with Crippen molar-refractivity contribution in [1.82, 2.24) is 14.4 Å². The molecule has 1 aromatic heterocycles. The van der Waals surface area contributed by atoms with Crippen LogP contribution in [-0.4, -0.2) is 66.6 Å². The SMILES string of the molecule is COC(=O)c1c(OC[C@@H]2CC(=O)N(C)C2)cc(=O)n2c1CCN(Cc1cc(C)c(C)cc1C)CC2. The number of amides is 1. The number of pyridine rings is 1. The first-order chi connectivity index (χ1) is 16.7. The lowest BCUT2D eigenvalue weighted by molar-refractivity contribution is -0.126. The molecule has 1 fully saturated rings. The standard InChI is InChI=1S/C27H35N3O5/c1-17-10-19(3)21(11-18(17)2)15-29-7-6-22-26(27(33)34-5)23(13-25(32)30(22)9-8-29)35-16-20-12-24(31)28(4)14-20/h10-11,13,20H,6-9,12,14-16H2,1-5H3/t20-/m1/s1. The molecule has 2 aliphatic heterocycles. The monoisotopic (exact) mass is 481 g/mol. The number of carbonyl (C=O) groups excluding carboxylic acids is 2. The van der Waals surface area contributed by atoms with Gasteiger partial charge in [0.25, 0.3) is 5.56 Å². The number of methoxy groups -OCH3 is 1. The summed E-state index contributed by atoms with van der Waals surface area (Å²) in [6.45, 7) is 9.94. The van der Waals surface area contributed by atoms with E-state index >= 15 is 0 Å². The molecule has 2 aliphatic rings. The van der Waals surface area contributed by atoms with Crippen LogP contribution in [0.15, 0.2) is 23.0 Å². The predicted octanol–water partition coefficient (Wildman–Crippen LogP) is 2.48. The number of nitrogens with zero attached hydrogens (tertiary/aromatic N) is 3. The fourth-order valence-corrected chi connectivity index (χ4v) is 5.09. The van der Waals surface area contributed by atoms with Crippen molar-refractivity contribution >= 4 is 11.9 Å². The van der Waals surface area contributed by atoms with Crippen molar-refractivity contribution in [1.29, 1.82) is 0 Å². The van der Waals surface area contributed by atoms with Gasteiger partial charge in [-0.2, -0.15) is 0 Å². The second kappa shape index (κ2) is 10.2. The van der Waals surface area contributed by atoms with E-state index in [0.29, 0.717) is 50.3 Å². The summed E-state index contributed by atoms with van der Waals surface area (Å²) in [7, 11) is 3.10. The molecule has 35 heavy (non-hydrogen) atoms. The average molecular weight is 482 g/mol. The number of carbonyl (C=O) groups is 2. The first kappa shape index (κ1) is 25.0. The van der Waals surface area contributed by atoms with Gasteiger partial charge >= 0.3 is 5.97 Å². The van der Waals surface area contributed by atoms with Gasteiger partial charge in [-0.15, -0.1) is 0 Å². The second-order valence-corrected chi connectivity index (χ2v) is 9.86. The van der Waals surface area contributed by atoms with Crippen LogP contribution in [0.4, 0.5) is 0 Å². The van der Waals surface area contributed by atoms with Crippen molar-refractivity contribution in [3.63, 3.8) is 0 Å². The Morgan fingerprint density at radius 1 is 1.03 bits per heavy atom. The van der Waals surface area contributed by atoms with Crippen molar-refractivity contribution < 1.29 is 19.1 Å². The molecule has 1 amide bonds. The number of esters is 1. The van der Waals surface area contributed by atoms with Gasteiger partial charge in [0.2, 0.25) is 5.91 Å². The molecule has 4 rings (SSSR count). The topological polar surface area (TPSA) is 81.1 Å². The van der Waals surface area contributed by atoms with Gasteiger partial charge in [0, 0.05) is 70.3 Å². The molecule has 8 heteroatoms. The minimum Gasteiger partial charge on any atom is -0.492 e. The summed E-state index contributed by atoms with van der Waals surface area (Å²) in [5.74, 6) is -0.167. The second-order valence-electron chi connectivity index (χ2n) is 9.86. The first-order valence-electron chi connectivity index (χ1n) is 12.2. The number of aryl methyl sites for hydroxylation is 3. The lowest BCUT2D eigenvalue weighted by atomic mass is 10.0. The molecular weight excluding hydrogens is 446 g/mol. The number of fused-ring (bicyclic) bond motifs is 1. The summed E-state index contributed by atoms with van der Waals surface area (Å²) in [5, 5.41) is 0. The summed E-state index contributed by atoms with van der Waals surface area (Å²) in [4.78, 5) is 41.7. The van der Waals surface area contributed by atoms with Crippen molar-refractivity contribution in [2.75, 3.05) is 40.4 Å². The van der Waals surface area contributed by atoms with E-state index < -0.39 is 5.97 Å². The number of rotatable bonds is 6. The lowest BCUT2D eigenvalue weighted by Crippen LogP contribution is -2.29. The van der Waals surface area contributed by atoms with Crippen molar-refractivity contribution in [3.05, 3.63) is 62.1 Å². The number of ether oxygens (including phenoxy) is 2. The minimum absolute atomic E-state index is 0.0243. The minimum atomic E-state index is -0.512. The van der Waals surface area contributed by atoms with Crippen molar-refractivity contribution in [2.24, 2.45) is 5.92 Å². The Hall–Kier alpha value is -3.13. The third-order valence-corrected chi connectivity index (χ3v) is 7.32. The molecule has 0 unspecified atom stereocenters. The van der Waals surface area contributed by atoms with E-state index in [-0.39, 0.29) is 29.7 Å². The molecule has 1 atom stereocenters. The van der Waals surface area contributed by atoms with Gasteiger partial charge in [0.05, 0.1) is 13.7 Å². The highest BCUT2D eigenvalue weighted by molar-refractivity contribution is 5.93. The summed E-state index contributed by atoms with van der Waals surface area (Å²) in [5.41, 5.74) is 5.86. The highest BCUT2D eigenvalue weighted by Crippen LogP contribution is 2.26. The van der Waals surface area contributed by atoms with Gasteiger partial charge in [-0.05, 0) is 43.0 Å². The summed E-state index contributed by atoms with van der Waals surface area (Å²) < 4.78 is 12.7. The maximum Gasteiger partial charge on any atom is 0.343 e. The Morgan fingerprint density at radius 3 is 2.46 bits per heavy atom. The predicted molar refractivity (Wildman–Crippen MR) is 133 cm³/mol. The maximum absolute atomic E-state index is 13.1. The van der Waals surface area contributed by atoms with E-state index in [0.717, 1.165) is 6.54 Å². The van der Waals surface area contributed by atoms with Gasteiger partial charge in [-0.25, -0.2) is 4.79 Å². The zero-order chi connectivity index (χ0) is 25.3. The summed E-state index contributed by atoms with van der Waals surface area (Å²) in [6, 6.07) is 5.85. The van der Waals surface area contributed by atoms with Gasteiger partial charge < -0.3 is 18.9 Å². The molecule has 1 aromatic carbocycles. The molecule has 0 spiro atoms. The van der Waals surface area contributed by atoms with E-state index in [9.17, 15) is 14.4 Å². The average Bonchev–Trinajstić information content (AvgIpc) is 3.00. The largest absolute Gasteiger partial charge is 0.492 e. The quantitative estimate of drug-likeness (QED) is 0.590. The third kappa shape index (κ3) is 5.27. The smallest absolute Gasteiger partial charge is 0.343 e. The van der Waals surface area contributed by atoms with Crippen LogP contribution in [0, 0.1) is 26.7 Å². The normalized spacial score (nSPS) is 18.4. The summed E-state index contributed by atoms with van der Waals surface area (Å²) >= 11 is 0. The van der Waals surface area contributed by atoms with Crippen LogP contribution < -0.4 is 10.3 Å². The number of aromatic nitrogens is 1. The van der Waals surface area contributed by atoms with Gasteiger partial charge in [0.1, 0.15) is 11.3 Å². The first-order valence-corrected chi connectivity index (χ1v) is 12.2. The Labute approximate surface area is 206 Å². The molecular formula is C27H35N3O5.